The third-order valence-corrected chi connectivity index (χ3v) is 4.07. The smallest absolute Gasteiger partial charge is 0.368 e. The van der Waals surface area contributed by atoms with E-state index in [9.17, 15) is 13.2 Å². The molecule has 0 N–H and O–H groups in total. The summed E-state index contributed by atoms with van der Waals surface area (Å²) in [6.45, 7) is 4.15. The fraction of sp³-hybridized carbons (Fsp3) is 0.600. The first kappa shape index (κ1) is 13.7. The number of anilines is 1. The predicted molar refractivity (Wildman–Crippen MR) is 71.7 cm³/mol. The minimum Gasteiger partial charge on any atom is -0.368 e. The van der Waals surface area contributed by atoms with Gasteiger partial charge in [-0.3, -0.25) is 4.90 Å². The van der Waals surface area contributed by atoms with Gasteiger partial charge in [0.15, 0.2) is 0 Å². The molecule has 1 aromatic carbocycles. The zero-order valence-electron chi connectivity index (χ0n) is 11.3. The van der Waals surface area contributed by atoms with E-state index < -0.39 is 11.7 Å². The van der Waals surface area contributed by atoms with Gasteiger partial charge in [-0.1, -0.05) is 6.07 Å². The van der Waals surface area contributed by atoms with Crippen LogP contribution in [0.2, 0.25) is 0 Å². The largest absolute Gasteiger partial charge is 0.418 e. The normalized spacial score (nSPS) is 21.2. The fourth-order valence-corrected chi connectivity index (χ4v) is 2.76. The average Bonchev–Trinajstić information content (AvgIpc) is 3.23. The number of rotatable bonds is 3. The highest BCUT2D eigenvalue weighted by atomic mass is 19.4. The molecule has 0 spiro atoms. The molecule has 0 atom stereocenters. The Morgan fingerprint density at radius 1 is 1.15 bits per heavy atom. The zero-order chi connectivity index (χ0) is 14.2. The number of benzene rings is 1. The summed E-state index contributed by atoms with van der Waals surface area (Å²) in [6, 6.07) is 6.66. The molecule has 2 fully saturated rings. The van der Waals surface area contributed by atoms with Crippen molar-refractivity contribution in [3.8, 4) is 0 Å². The second-order valence-corrected chi connectivity index (χ2v) is 5.67. The molecular formula is C15H18F3N2. The first-order valence-electron chi connectivity index (χ1n) is 7.08. The molecule has 5 heteroatoms. The summed E-state index contributed by atoms with van der Waals surface area (Å²) < 4.78 is 39.0. The van der Waals surface area contributed by atoms with Gasteiger partial charge in [-0.05, 0) is 37.0 Å². The van der Waals surface area contributed by atoms with Crippen LogP contribution in [-0.2, 0) is 6.18 Å². The molecule has 1 saturated carbocycles. The van der Waals surface area contributed by atoms with Crippen LogP contribution >= 0.6 is 0 Å². The van der Waals surface area contributed by atoms with Gasteiger partial charge in [0.2, 0.25) is 0 Å². The Balaban J connectivity index is 1.68. The highest BCUT2D eigenvalue weighted by Crippen LogP contribution is 2.37. The van der Waals surface area contributed by atoms with Crippen molar-refractivity contribution < 1.29 is 13.2 Å². The van der Waals surface area contributed by atoms with Crippen LogP contribution in [-0.4, -0.2) is 37.6 Å². The third-order valence-electron chi connectivity index (χ3n) is 4.07. The Bertz CT molecular complexity index is 460. The van der Waals surface area contributed by atoms with Gasteiger partial charge in [-0.2, -0.15) is 13.2 Å². The lowest BCUT2D eigenvalue weighted by Gasteiger charge is -2.37. The van der Waals surface area contributed by atoms with Crippen molar-refractivity contribution in [2.24, 2.45) is 5.92 Å². The molecule has 109 valence electrons. The van der Waals surface area contributed by atoms with Crippen molar-refractivity contribution in [2.75, 3.05) is 37.6 Å². The van der Waals surface area contributed by atoms with Crippen molar-refractivity contribution in [3.05, 3.63) is 29.8 Å². The fourth-order valence-electron chi connectivity index (χ4n) is 2.76. The van der Waals surface area contributed by atoms with Crippen molar-refractivity contribution >= 4 is 5.69 Å². The predicted octanol–water partition coefficient (Wildman–Crippen LogP) is 3.04. The summed E-state index contributed by atoms with van der Waals surface area (Å²) in [6.07, 6.45) is -1.68. The van der Waals surface area contributed by atoms with E-state index in [1.54, 1.807) is 6.07 Å². The molecule has 1 aromatic rings. The monoisotopic (exact) mass is 283 g/mol. The Kier molecular flexibility index (Phi) is 3.63. The quantitative estimate of drug-likeness (QED) is 0.841. The zero-order valence-corrected chi connectivity index (χ0v) is 11.3. The molecule has 1 aliphatic heterocycles. The summed E-state index contributed by atoms with van der Waals surface area (Å²) in [5, 5.41) is 0. The Morgan fingerprint density at radius 2 is 1.85 bits per heavy atom. The molecule has 2 nitrogen and oxygen atoms in total. The van der Waals surface area contributed by atoms with Gasteiger partial charge >= 0.3 is 6.18 Å². The van der Waals surface area contributed by atoms with Crippen LogP contribution in [0.1, 0.15) is 18.4 Å². The first-order valence-corrected chi connectivity index (χ1v) is 7.08. The second-order valence-electron chi connectivity index (χ2n) is 5.67. The van der Waals surface area contributed by atoms with Crippen LogP contribution < -0.4 is 4.90 Å². The molecule has 20 heavy (non-hydrogen) atoms. The summed E-state index contributed by atoms with van der Waals surface area (Å²) in [5.74, 6) is 0.832. The molecule has 3 rings (SSSR count). The molecule has 1 saturated heterocycles. The summed E-state index contributed by atoms with van der Waals surface area (Å²) in [4.78, 5) is 4.22. The lowest BCUT2D eigenvalue weighted by Crippen LogP contribution is -2.47. The molecule has 1 aliphatic carbocycles. The minimum atomic E-state index is -4.31. The average molecular weight is 283 g/mol. The minimum absolute atomic E-state index is 0.294. The van der Waals surface area contributed by atoms with Gasteiger partial charge in [0, 0.05) is 38.4 Å². The van der Waals surface area contributed by atoms with Crippen LogP contribution in [0.5, 0.6) is 0 Å². The van der Waals surface area contributed by atoms with E-state index in [0.717, 1.165) is 31.6 Å². The van der Waals surface area contributed by atoms with E-state index >= 15 is 0 Å². The maximum atomic E-state index is 13.0. The first-order chi connectivity index (χ1) is 9.54. The Labute approximate surface area is 117 Å². The molecule has 0 amide bonds. The van der Waals surface area contributed by atoms with Gasteiger partial charge in [0.25, 0.3) is 0 Å². The molecule has 0 aromatic heterocycles. The summed E-state index contributed by atoms with van der Waals surface area (Å²) >= 11 is 0. The number of nitrogens with zero attached hydrogens (tertiary/aromatic N) is 2. The molecular weight excluding hydrogens is 265 g/mol. The Morgan fingerprint density at radius 3 is 2.45 bits per heavy atom. The van der Waals surface area contributed by atoms with Gasteiger partial charge in [-0.15, -0.1) is 0 Å². The molecule has 0 unspecified atom stereocenters. The van der Waals surface area contributed by atoms with Crippen LogP contribution in [0, 0.1) is 12.0 Å². The van der Waals surface area contributed by atoms with Crippen LogP contribution in [0.25, 0.3) is 0 Å². The van der Waals surface area contributed by atoms with Gasteiger partial charge in [0.1, 0.15) is 0 Å². The second kappa shape index (κ2) is 5.28. The van der Waals surface area contributed by atoms with Crippen LogP contribution in [0.4, 0.5) is 18.9 Å². The van der Waals surface area contributed by atoms with Crippen LogP contribution in [0.15, 0.2) is 18.2 Å². The number of alkyl halides is 3. The number of piperazine rings is 1. The lowest BCUT2D eigenvalue weighted by molar-refractivity contribution is -0.137. The van der Waals surface area contributed by atoms with Crippen molar-refractivity contribution in [1.29, 1.82) is 0 Å². The van der Waals surface area contributed by atoms with E-state index in [0.29, 0.717) is 18.8 Å². The summed E-state index contributed by atoms with van der Waals surface area (Å²) in [5.41, 5.74) is -0.280. The standard InChI is InChI=1S/C15H18F3N2/c16-15(17,18)13-3-1-2-4-14(13)20-9-7-19(8-10-20)11-12-5-6-12/h2-4,12H,5-11H2. The van der Waals surface area contributed by atoms with E-state index in [2.05, 4.69) is 11.0 Å². The van der Waals surface area contributed by atoms with Gasteiger partial charge < -0.3 is 4.90 Å². The van der Waals surface area contributed by atoms with E-state index in [-0.39, 0.29) is 0 Å². The van der Waals surface area contributed by atoms with Gasteiger partial charge in [-0.25, -0.2) is 0 Å². The number of halogens is 3. The maximum Gasteiger partial charge on any atom is 0.418 e. The number of hydrogen-bond acceptors (Lipinski definition) is 2. The Hall–Kier alpha value is -1.23. The topological polar surface area (TPSA) is 6.48 Å². The lowest BCUT2D eigenvalue weighted by atomic mass is 10.1. The van der Waals surface area contributed by atoms with E-state index in [1.807, 2.05) is 4.90 Å². The highest BCUT2D eigenvalue weighted by molar-refractivity contribution is 5.55. The third kappa shape index (κ3) is 3.08. The van der Waals surface area contributed by atoms with Crippen molar-refractivity contribution in [1.82, 2.24) is 4.90 Å². The SMILES string of the molecule is FC(F)(F)c1c[c]ccc1N1CCN(CC2CC2)CC1. The van der Waals surface area contributed by atoms with Crippen molar-refractivity contribution in [2.45, 2.75) is 19.0 Å². The molecule has 1 radical (unpaired) electrons. The number of hydrogen-bond donors (Lipinski definition) is 0. The summed E-state index contributed by atoms with van der Waals surface area (Å²) in [7, 11) is 0. The van der Waals surface area contributed by atoms with E-state index in [1.165, 1.54) is 18.9 Å². The van der Waals surface area contributed by atoms with Crippen LogP contribution in [0.3, 0.4) is 0 Å². The molecule has 1 heterocycles. The maximum absolute atomic E-state index is 13.0. The van der Waals surface area contributed by atoms with Gasteiger partial charge in [0.05, 0.1) is 5.56 Å². The highest BCUT2D eigenvalue weighted by Gasteiger charge is 2.35. The van der Waals surface area contributed by atoms with E-state index in [4.69, 9.17) is 0 Å². The molecule has 2 aliphatic rings. The van der Waals surface area contributed by atoms with Crippen molar-refractivity contribution in [3.63, 3.8) is 0 Å². The molecule has 0 bridgehead atoms.